The zero-order chi connectivity index (χ0) is 18.0. The normalized spacial score (nSPS) is 10.7. The molecule has 5 nitrogen and oxygen atoms in total. The molecule has 0 unspecified atom stereocenters. The smallest absolute Gasteiger partial charge is 0.202 e. The van der Waals surface area contributed by atoms with Crippen LogP contribution in [0.1, 0.15) is 10.4 Å². The Kier molecular flexibility index (Phi) is 4.90. The van der Waals surface area contributed by atoms with Crippen LogP contribution in [0.2, 0.25) is 0 Å². The maximum Gasteiger partial charge on any atom is 0.202 e. The summed E-state index contributed by atoms with van der Waals surface area (Å²) in [5, 5.41) is 8.28. The van der Waals surface area contributed by atoms with Gasteiger partial charge in [-0.1, -0.05) is 28.1 Å². The lowest BCUT2D eigenvalue weighted by atomic mass is 10.1. The molecule has 1 N–H and O–H groups in total. The van der Waals surface area contributed by atoms with E-state index in [0.29, 0.717) is 5.56 Å². The highest BCUT2D eigenvalue weighted by atomic mass is 79.9. The fourth-order valence-electron chi connectivity index (χ4n) is 2.66. The van der Waals surface area contributed by atoms with Crippen molar-refractivity contribution in [2.45, 2.75) is 6.54 Å². The number of carbonyl (C=O) groups is 1. The Hall–Kier alpha value is -2.60. The summed E-state index contributed by atoms with van der Waals surface area (Å²) in [5.74, 6) is 0.744. The first-order valence-electron chi connectivity index (χ1n) is 7.73. The standard InChI is InChI=1S/C19H18BrN3O2/c1-22-17(13-6-8-16(25-2)9-7-13)11-23(19(22)21)12-18(24)14-4-3-5-15(20)10-14/h3-11,21H,12H2,1-2H3. The van der Waals surface area contributed by atoms with Crippen LogP contribution in [0.4, 0.5) is 0 Å². The second kappa shape index (κ2) is 7.11. The SMILES string of the molecule is COc1ccc(-c2cn(CC(=O)c3cccc(Br)c3)c(=N)n2C)cc1. The lowest BCUT2D eigenvalue weighted by Gasteiger charge is -2.03. The monoisotopic (exact) mass is 399 g/mol. The molecule has 0 saturated heterocycles. The van der Waals surface area contributed by atoms with Crippen molar-refractivity contribution in [3.8, 4) is 17.0 Å². The van der Waals surface area contributed by atoms with Crippen molar-refractivity contribution in [2.75, 3.05) is 7.11 Å². The highest BCUT2D eigenvalue weighted by Gasteiger charge is 2.12. The molecule has 2 aromatic carbocycles. The summed E-state index contributed by atoms with van der Waals surface area (Å²) in [6.07, 6.45) is 1.83. The first-order chi connectivity index (χ1) is 12.0. The number of ether oxygens (including phenoxy) is 1. The number of aromatic nitrogens is 2. The molecular weight excluding hydrogens is 382 g/mol. The number of ketones is 1. The average Bonchev–Trinajstić information content (AvgIpc) is 2.90. The molecule has 0 aliphatic rings. The Bertz CT molecular complexity index is 971. The lowest BCUT2D eigenvalue weighted by molar-refractivity contribution is 0.0970. The molecular formula is C19H18BrN3O2. The van der Waals surface area contributed by atoms with Crippen LogP contribution in [0.3, 0.4) is 0 Å². The van der Waals surface area contributed by atoms with Crippen LogP contribution in [0.15, 0.2) is 59.2 Å². The Morgan fingerprint density at radius 1 is 1.20 bits per heavy atom. The van der Waals surface area contributed by atoms with E-state index in [2.05, 4.69) is 15.9 Å². The van der Waals surface area contributed by atoms with Crippen molar-refractivity contribution >= 4 is 21.7 Å². The van der Waals surface area contributed by atoms with Crippen molar-refractivity contribution in [2.24, 2.45) is 7.05 Å². The molecule has 0 radical (unpaired) electrons. The summed E-state index contributed by atoms with van der Waals surface area (Å²) < 4.78 is 9.46. The summed E-state index contributed by atoms with van der Waals surface area (Å²) in [5.41, 5.74) is 2.73. The van der Waals surface area contributed by atoms with Crippen LogP contribution in [-0.2, 0) is 13.6 Å². The fourth-order valence-corrected chi connectivity index (χ4v) is 3.06. The maximum atomic E-state index is 12.5. The van der Waals surface area contributed by atoms with E-state index in [1.807, 2.05) is 49.6 Å². The van der Waals surface area contributed by atoms with E-state index >= 15 is 0 Å². The molecule has 128 valence electrons. The zero-order valence-corrected chi connectivity index (χ0v) is 15.6. The number of carbonyl (C=O) groups excluding carboxylic acids is 1. The van der Waals surface area contributed by atoms with E-state index in [9.17, 15) is 4.79 Å². The van der Waals surface area contributed by atoms with Crippen LogP contribution in [-0.4, -0.2) is 22.0 Å². The third kappa shape index (κ3) is 3.58. The number of imidazole rings is 1. The van der Waals surface area contributed by atoms with Crippen LogP contribution < -0.4 is 10.4 Å². The van der Waals surface area contributed by atoms with Crippen molar-refractivity contribution < 1.29 is 9.53 Å². The second-order valence-corrected chi connectivity index (χ2v) is 6.60. The highest BCUT2D eigenvalue weighted by molar-refractivity contribution is 9.10. The van der Waals surface area contributed by atoms with Crippen LogP contribution in [0, 0.1) is 5.41 Å². The number of methoxy groups -OCH3 is 1. The third-order valence-electron chi connectivity index (χ3n) is 4.08. The van der Waals surface area contributed by atoms with Gasteiger partial charge in [-0.15, -0.1) is 0 Å². The number of benzene rings is 2. The quantitative estimate of drug-likeness (QED) is 0.665. The van der Waals surface area contributed by atoms with Gasteiger partial charge in [0, 0.05) is 23.3 Å². The molecule has 0 atom stereocenters. The van der Waals surface area contributed by atoms with Crippen LogP contribution in [0.25, 0.3) is 11.3 Å². The van der Waals surface area contributed by atoms with E-state index in [4.69, 9.17) is 10.1 Å². The summed E-state index contributed by atoms with van der Waals surface area (Å²) >= 11 is 3.38. The van der Waals surface area contributed by atoms with Gasteiger partial charge in [0.25, 0.3) is 0 Å². The molecule has 0 spiro atoms. The van der Waals surface area contributed by atoms with Gasteiger partial charge < -0.3 is 13.9 Å². The third-order valence-corrected chi connectivity index (χ3v) is 4.57. The van der Waals surface area contributed by atoms with E-state index in [1.54, 1.807) is 28.4 Å². The van der Waals surface area contributed by atoms with Crippen LogP contribution >= 0.6 is 15.9 Å². The molecule has 3 aromatic rings. The van der Waals surface area contributed by atoms with Crippen LogP contribution in [0.5, 0.6) is 5.75 Å². The topological polar surface area (TPSA) is 60.0 Å². The summed E-state index contributed by atoms with van der Waals surface area (Å²) in [4.78, 5) is 12.5. The average molecular weight is 400 g/mol. The summed E-state index contributed by atoms with van der Waals surface area (Å²) in [7, 11) is 3.45. The number of nitrogens with one attached hydrogen (secondary N) is 1. The molecule has 0 aliphatic heterocycles. The molecule has 6 heteroatoms. The minimum atomic E-state index is -0.0355. The molecule has 0 aliphatic carbocycles. The number of halogens is 1. The van der Waals surface area contributed by atoms with Crippen molar-refractivity contribution in [3.63, 3.8) is 0 Å². The lowest BCUT2D eigenvalue weighted by Crippen LogP contribution is -2.25. The number of Topliss-reactive ketones (excluding diaryl/α,β-unsaturated/α-hetero) is 1. The first-order valence-corrected chi connectivity index (χ1v) is 8.53. The Morgan fingerprint density at radius 2 is 1.92 bits per heavy atom. The highest BCUT2D eigenvalue weighted by Crippen LogP contribution is 2.21. The Balaban J connectivity index is 1.90. The molecule has 25 heavy (non-hydrogen) atoms. The minimum absolute atomic E-state index is 0.0355. The van der Waals surface area contributed by atoms with Gasteiger partial charge in [0.1, 0.15) is 5.75 Å². The molecule has 0 fully saturated rings. The minimum Gasteiger partial charge on any atom is -0.497 e. The van der Waals surface area contributed by atoms with Gasteiger partial charge in [0.2, 0.25) is 5.62 Å². The van der Waals surface area contributed by atoms with Crippen molar-refractivity contribution in [3.05, 3.63) is 70.4 Å². The fraction of sp³-hybridized carbons (Fsp3) is 0.158. The van der Waals surface area contributed by atoms with E-state index in [1.165, 1.54) is 0 Å². The summed E-state index contributed by atoms with van der Waals surface area (Å²) in [6, 6.07) is 14.9. The van der Waals surface area contributed by atoms with Crippen molar-refractivity contribution in [1.29, 1.82) is 5.41 Å². The second-order valence-electron chi connectivity index (χ2n) is 5.69. The molecule has 0 saturated carbocycles. The molecule has 0 amide bonds. The van der Waals surface area contributed by atoms with Gasteiger partial charge in [-0.25, -0.2) is 0 Å². The number of nitrogens with zero attached hydrogens (tertiary/aromatic N) is 2. The van der Waals surface area contributed by atoms with E-state index in [-0.39, 0.29) is 17.9 Å². The van der Waals surface area contributed by atoms with Gasteiger partial charge in [0.15, 0.2) is 5.78 Å². The number of rotatable bonds is 5. The first kappa shape index (κ1) is 17.2. The van der Waals surface area contributed by atoms with Crippen molar-refractivity contribution in [1.82, 2.24) is 9.13 Å². The Morgan fingerprint density at radius 3 is 2.56 bits per heavy atom. The summed E-state index contributed by atoms with van der Waals surface area (Å²) in [6.45, 7) is 0.124. The van der Waals surface area contributed by atoms with E-state index in [0.717, 1.165) is 21.5 Å². The zero-order valence-electron chi connectivity index (χ0n) is 14.0. The number of hydrogen-bond acceptors (Lipinski definition) is 3. The Labute approximate surface area is 154 Å². The predicted molar refractivity (Wildman–Crippen MR) is 99.7 cm³/mol. The predicted octanol–water partition coefficient (Wildman–Crippen LogP) is 3.63. The van der Waals surface area contributed by atoms with Gasteiger partial charge in [-0.05, 0) is 42.0 Å². The molecule has 1 aromatic heterocycles. The molecule has 1 heterocycles. The van der Waals surface area contributed by atoms with Gasteiger partial charge >= 0.3 is 0 Å². The van der Waals surface area contributed by atoms with Gasteiger partial charge in [-0.2, -0.15) is 0 Å². The van der Waals surface area contributed by atoms with Gasteiger partial charge in [0.05, 0.1) is 19.3 Å². The number of hydrogen-bond donors (Lipinski definition) is 1. The molecule has 3 rings (SSSR count). The van der Waals surface area contributed by atoms with E-state index < -0.39 is 0 Å². The van der Waals surface area contributed by atoms with Gasteiger partial charge in [-0.3, -0.25) is 10.2 Å². The largest absolute Gasteiger partial charge is 0.497 e. The maximum absolute atomic E-state index is 12.5. The molecule has 0 bridgehead atoms.